The molecule has 2 heterocycles. The molecule has 0 spiro atoms. The Kier molecular flexibility index (Phi) is 4.90. The van der Waals surface area contributed by atoms with Crippen molar-refractivity contribution in [3.05, 3.63) is 66.7 Å². The minimum absolute atomic E-state index is 0.152. The highest BCUT2D eigenvalue weighted by atomic mass is 19.1. The predicted octanol–water partition coefficient (Wildman–Crippen LogP) is 4.55. The van der Waals surface area contributed by atoms with E-state index in [9.17, 15) is 9.18 Å². The van der Waals surface area contributed by atoms with Crippen molar-refractivity contribution >= 4 is 17.6 Å². The number of hydrogen-bond donors (Lipinski definition) is 1. The summed E-state index contributed by atoms with van der Waals surface area (Å²) in [5, 5.41) is 6.93. The molecule has 2 aromatic carbocycles. The number of fused-ring (bicyclic) bond motifs is 1. The van der Waals surface area contributed by atoms with Crippen molar-refractivity contribution in [3.63, 3.8) is 0 Å². The zero-order valence-electron chi connectivity index (χ0n) is 15.8. The van der Waals surface area contributed by atoms with Crippen LogP contribution in [0.25, 0.3) is 28.3 Å². The van der Waals surface area contributed by atoms with Crippen LogP contribution in [0.4, 0.5) is 14.9 Å². The molecule has 0 unspecified atom stereocenters. The molecular formula is C21H18FN5O2. The second kappa shape index (κ2) is 7.67. The van der Waals surface area contributed by atoms with Gasteiger partial charge in [-0.2, -0.15) is 4.98 Å². The van der Waals surface area contributed by atoms with Gasteiger partial charge in [-0.3, -0.25) is 5.32 Å². The van der Waals surface area contributed by atoms with Crippen molar-refractivity contribution in [2.45, 2.75) is 20.0 Å². The standard InChI is InChI=1S/C21H18FN5O2/c1-13(2)29-21(28)24-16-8-9-18(22)17(10-16)19-25-20-23-11-15(12-27(20)26-19)14-6-4-3-5-7-14/h3-13H,1-2H3,(H,24,28). The summed E-state index contributed by atoms with van der Waals surface area (Å²) in [7, 11) is 0. The topological polar surface area (TPSA) is 81.4 Å². The zero-order chi connectivity index (χ0) is 20.4. The molecule has 0 aliphatic rings. The maximum atomic E-state index is 14.4. The van der Waals surface area contributed by atoms with Gasteiger partial charge >= 0.3 is 6.09 Å². The molecule has 29 heavy (non-hydrogen) atoms. The van der Waals surface area contributed by atoms with E-state index in [1.807, 2.05) is 30.3 Å². The first-order valence-electron chi connectivity index (χ1n) is 9.05. The molecule has 0 aliphatic heterocycles. The summed E-state index contributed by atoms with van der Waals surface area (Å²) < 4.78 is 21.0. The van der Waals surface area contributed by atoms with Gasteiger partial charge in [0.05, 0.1) is 11.7 Å². The van der Waals surface area contributed by atoms with Crippen LogP contribution < -0.4 is 5.32 Å². The molecule has 1 amide bonds. The van der Waals surface area contributed by atoms with Crippen LogP contribution in [0, 0.1) is 5.82 Å². The summed E-state index contributed by atoms with van der Waals surface area (Å²) in [6.45, 7) is 3.49. The van der Waals surface area contributed by atoms with Crippen LogP contribution in [0.5, 0.6) is 0 Å². The number of ether oxygens (including phenoxy) is 1. The molecule has 7 nitrogen and oxygen atoms in total. The number of rotatable bonds is 4. The fraction of sp³-hybridized carbons (Fsp3) is 0.143. The average molecular weight is 391 g/mol. The van der Waals surface area contributed by atoms with E-state index in [-0.39, 0.29) is 17.5 Å². The highest BCUT2D eigenvalue weighted by Crippen LogP contribution is 2.25. The quantitative estimate of drug-likeness (QED) is 0.552. The van der Waals surface area contributed by atoms with Crippen LogP contribution in [0.15, 0.2) is 60.9 Å². The summed E-state index contributed by atoms with van der Waals surface area (Å²) in [6, 6.07) is 13.9. The summed E-state index contributed by atoms with van der Waals surface area (Å²) in [5.74, 6) is 0.00437. The number of nitrogens with one attached hydrogen (secondary N) is 1. The van der Waals surface area contributed by atoms with Crippen LogP contribution >= 0.6 is 0 Å². The van der Waals surface area contributed by atoms with E-state index in [1.165, 1.54) is 22.7 Å². The minimum atomic E-state index is -0.616. The smallest absolute Gasteiger partial charge is 0.411 e. The van der Waals surface area contributed by atoms with Crippen LogP contribution in [-0.2, 0) is 4.74 Å². The molecule has 0 fully saturated rings. The summed E-state index contributed by atoms with van der Waals surface area (Å²) in [5.41, 5.74) is 2.38. The zero-order valence-corrected chi connectivity index (χ0v) is 15.8. The van der Waals surface area contributed by atoms with Crippen molar-refractivity contribution < 1.29 is 13.9 Å². The van der Waals surface area contributed by atoms with Gasteiger partial charge in [0.25, 0.3) is 5.78 Å². The Bertz CT molecular complexity index is 1170. The number of carbonyl (C=O) groups is 1. The van der Waals surface area contributed by atoms with E-state index in [1.54, 1.807) is 26.2 Å². The van der Waals surface area contributed by atoms with E-state index in [0.717, 1.165) is 11.1 Å². The van der Waals surface area contributed by atoms with Gasteiger partial charge in [-0.1, -0.05) is 30.3 Å². The second-order valence-electron chi connectivity index (χ2n) is 6.66. The van der Waals surface area contributed by atoms with Crippen molar-refractivity contribution in [2.75, 3.05) is 5.32 Å². The Labute approximate surface area is 166 Å². The van der Waals surface area contributed by atoms with Crippen molar-refractivity contribution in [3.8, 4) is 22.5 Å². The van der Waals surface area contributed by atoms with Crippen molar-refractivity contribution in [1.82, 2.24) is 19.6 Å². The third-order valence-corrected chi connectivity index (χ3v) is 4.10. The number of aromatic nitrogens is 4. The first kappa shape index (κ1) is 18.5. The van der Waals surface area contributed by atoms with Gasteiger partial charge in [0, 0.05) is 23.6 Å². The van der Waals surface area contributed by atoms with Gasteiger partial charge in [-0.05, 0) is 37.6 Å². The Hall–Kier alpha value is -3.81. The van der Waals surface area contributed by atoms with Gasteiger partial charge in [-0.25, -0.2) is 18.7 Å². The Morgan fingerprint density at radius 3 is 2.69 bits per heavy atom. The molecule has 146 valence electrons. The molecule has 0 bridgehead atoms. The lowest BCUT2D eigenvalue weighted by molar-refractivity contribution is 0.130. The number of hydrogen-bond acceptors (Lipinski definition) is 5. The molecule has 0 saturated carbocycles. The lowest BCUT2D eigenvalue weighted by atomic mass is 10.1. The Morgan fingerprint density at radius 1 is 1.14 bits per heavy atom. The van der Waals surface area contributed by atoms with E-state index in [2.05, 4.69) is 20.4 Å². The molecule has 8 heteroatoms. The number of benzene rings is 2. The highest BCUT2D eigenvalue weighted by molar-refractivity contribution is 5.85. The fourth-order valence-electron chi connectivity index (χ4n) is 2.81. The monoisotopic (exact) mass is 391 g/mol. The summed E-state index contributed by atoms with van der Waals surface area (Å²) in [4.78, 5) is 20.4. The van der Waals surface area contributed by atoms with Crippen LogP contribution in [-0.4, -0.2) is 31.8 Å². The van der Waals surface area contributed by atoms with E-state index < -0.39 is 11.9 Å². The molecule has 4 aromatic rings. The largest absolute Gasteiger partial charge is 0.447 e. The number of halogens is 1. The van der Waals surface area contributed by atoms with E-state index >= 15 is 0 Å². The third kappa shape index (κ3) is 4.06. The van der Waals surface area contributed by atoms with Gasteiger partial charge in [-0.15, -0.1) is 5.10 Å². The summed E-state index contributed by atoms with van der Waals surface area (Å²) in [6.07, 6.45) is 2.60. The van der Waals surface area contributed by atoms with Crippen molar-refractivity contribution in [2.24, 2.45) is 0 Å². The van der Waals surface area contributed by atoms with E-state index in [4.69, 9.17) is 4.74 Å². The molecule has 0 atom stereocenters. The van der Waals surface area contributed by atoms with Crippen LogP contribution in [0.1, 0.15) is 13.8 Å². The van der Waals surface area contributed by atoms with Crippen molar-refractivity contribution in [1.29, 1.82) is 0 Å². The van der Waals surface area contributed by atoms with Gasteiger partial charge in [0.1, 0.15) is 5.82 Å². The highest BCUT2D eigenvalue weighted by Gasteiger charge is 2.15. The van der Waals surface area contributed by atoms with E-state index in [0.29, 0.717) is 11.5 Å². The number of nitrogens with zero attached hydrogens (tertiary/aromatic N) is 4. The first-order chi connectivity index (χ1) is 14.0. The first-order valence-corrected chi connectivity index (χ1v) is 9.05. The lowest BCUT2D eigenvalue weighted by Gasteiger charge is -2.10. The molecule has 1 N–H and O–H groups in total. The minimum Gasteiger partial charge on any atom is -0.447 e. The molecule has 0 radical (unpaired) electrons. The van der Waals surface area contributed by atoms with Gasteiger partial charge < -0.3 is 4.74 Å². The molecule has 0 saturated heterocycles. The Morgan fingerprint density at radius 2 is 1.93 bits per heavy atom. The predicted molar refractivity (Wildman–Crippen MR) is 107 cm³/mol. The molecular weight excluding hydrogens is 373 g/mol. The normalized spacial score (nSPS) is 11.0. The Balaban J connectivity index is 1.67. The third-order valence-electron chi connectivity index (χ3n) is 4.10. The second-order valence-corrected chi connectivity index (χ2v) is 6.66. The molecule has 4 rings (SSSR count). The number of anilines is 1. The number of carbonyl (C=O) groups excluding carboxylic acids is 1. The average Bonchev–Trinajstić information content (AvgIpc) is 3.12. The number of amides is 1. The molecule has 0 aliphatic carbocycles. The maximum Gasteiger partial charge on any atom is 0.411 e. The van der Waals surface area contributed by atoms with Gasteiger partial charge in [0.15, 0.2) is 5.82 Å². The fourth-order valence-corrected chi connectivity index (χ4v) is 2.81. The molecule has 2 aromatic heterocycles. The van der Waals surface area contributed by atoms with Crippen LogP contribution in [0.2, 0.25) is 0 Å². The summed E-state index contributed by atoms with van der Waals surface area (Å²) >= 11 is 0. The SMILES string of the molecule is CC(C)OC(=O)Nc1ccc(F)c(-c2nc3ncc(-c4ccccc4)cn3n2)c1. The lowest BCUT2D eigenvalue weighted by Crippen LogP contribution is -2.18. The maximum absolute atomic E-state index is 14.4. The van der Waals surface area contributed by atoms with Crippen LogP contribution in [0.3, 0.4) is 0 Å². The van der Waals surface area contributed by atoms with Gasteiger partial charge in [0.2, 0.25) is 0 Å².